The number of halogens is 1. The van der Waals surface area contributed by atoms with Gasteiger partial charge in [0.25, 0.3) is 5.91 Å². The summed E-state index contributed by atoms with van der Waals surface area (Å²) in [4.78, 5) is 28.7. The Hall–Kier alpha value is -5.12. The Morgan fingerprint density at radius 1 is 1.05 bits per heavy atom. The van der Waals surface area contributed by atoms with Crippen LogP contribution in [0, 0.1) is 12.7 Å². The number of nitrogen functional groups attached to an aromatic ring is 1. The molecule has 0 bridgehead atoms. The van der Waals surface area contributed by atoms with E-state index >= 15 is 4.39 Å². The first-order valence-electron chi connectivity index (χ1n) is 11.7. The second-order valence-corrected chi connectivity index (χ2v) is 8.84. The Balaban J connectivity index is 1.60. The number of nitrogens with one attached hydrogen (secondary N) is 1. The number of fused-ring (bicyclic) bond motifs is 1. The van der Waals surface area contributed by atoms with Crippen molar-refractivity contribution in [1.29, 1.82) is 0 Å². The fraction of sp³-hybridized carbons (Fsp3) is 0.107. The van der Waals surface area contributed by atoms with Gasteiger partial charge in [-0.3, -0.25) is 4.79 Å². The summed E-state index contributed by atoms with van der Waals surface area (Å²) in [5, 5.41) is 3.39. The molecule has 3 heterocycles. The highest BCUT2D eigenvalue weighted by atomic mass is 19.1. The van der Waals surface area contributed by atoms with E-state index in [0.29, 0.717) is 33.4 Å². The smallest absolute Gasteiger partial charge is 0.321 e. The molecular formula is C28H24FN7O2. The fourth-order valence-electron chi connectivity index (χ4n) is 4.11. The molecule has 5 aromatic rings. The van der Waals surface area contributed by atoms with E-state index in [-0.39, 0.29) is 23.5 Å². The predicted molar refractivity (Wildman–Crippen MR) is 144 cm³/mol. The third-order valence-electron chi connectivity index (χ3n) is 5.98. The van der Waals surface area contributed by atoms with Crippen molar-refractivity contribution in [3.8, 4) is 34.1 Å². The lowest BCUT2D eigenvalue weighted by Gasteiger charge is -2.12. The molecule has 1 amide bonds. The number of aryl methyl sites for hydroxylation is 2. The zero-order valence-electron chi connectivity index (χ0n) is 21.0. The van der Waals surface area contributed by atoms with Crippen molar-refractivity contribution >= 4 is 28.4 Å². The van der Waals surface area contributed by atoms with Crippen LogP contribution in [0.15, 0.2) is 73.3 Å². The number of anilines is 2. The lowest BCUT2D eigenvalue weighted by Crippen LogP contribution is -2.11. The number of benzene rings is 2. The van der Waals surface area contributed by atoms with Gasteiger partial charge in [-0.2, -0.15) is 0 Å². The third-order valence-corrected chi connectivity index (χ3v) is 5.98. The minimum absolute atomic E-state index is 0.0128. The molecule has 38 heavy (non-hydrogen) atoms. The summed E-state index contributed by atoms with van der Waals surface area (Å²) >= 11 is 0. The number of amides is 1. The molecule has 0 aliphatic rings. The van der Waals surface area contributed by atoms with Crippen molar-refractivity contribution in [1.82, 2.24) is 24.5 Å². The van der Waals surface area contributed by atoms with Gasteiger partial charge in [0.05, 0.1) is 11.1 Å². The third kappa shape index (κ3) is 4.55. The second-order valence-electron chi connectivity index (χ2n) is 8.84. The number of nitrogens with zero attached hydrogens (tertiary/aromatic N) is 5. The molecule has 0 spiro atoms. The van der Waals surface area contributed by atoms with Gasteiger partial charge in [0.2, 0.25) is 0 Å². The van der Waals surface area contributed by atoms with Crippen LogP contribution >= 0.6 is 0 Å². The summed E-state index contributed by atoms with van der Waals surface area (Å²) in [5.74, 6) is -0.602. The van der Waals surface area contributed by atoms with E-state index in [2.05, 4.69) is 31.8 Å². The molecule has 10 heteroatoms. The Kier molecular flexibility index (Phi) is 6.29. The molecule has 0 aliphatic carbocycles. The zero-order chi connectivity index (χ0) is 27.0. The van der Waals surface area contributed by atoms with Crippen LogP contribution in [0.5, 0.6) is 11.8 Å². The topological polar surface area (TPSA) is 121 Å². The maximum atomic E-state index is 15.3. The van der Waals surface area contributed by atoms with Crippen LogP contribution < -0.4 is 15.8 Å². The molecule has 0 atom stereocenters. The molecule has 0 aliphatic heterocycles. The number of ether oxygens (including phenoxy) is 1. The zero-order valence-corrected chi connectivity index (χ0v) is 21.0. The van der Waals surface area contributed by atoms with E-state index < -0.39 is 5.82 Å². The molecular weight excluding hydrogens is 485 g/mol. The van der Waals surface area contributed by atoms with Crippen LogP contribution in [-0.4, -0.2) is 30.4 Å². The first kappa shape index (κ1) is 24.6. The maximum absolute atomic E-state index is 15.3. The van der Waals surface area contributed by atoms with Gasteiger partial charge in [-0.05, 0) is 54.8 Å². The molecule has 0 unspecified atom stereocenters. The number of carbonyl (C=O) groups excluding carboxylic acids is 1. The number of rotatable bonds is 6. The minimum Gasteiger partial charge on any atom is -0.421 e. The van der Waals surface area contributed by atoms with E-state index in [0.717, 1.165) is 16.8 Å². The molecule has 3 aromatic heterocycles. The van der Waals surface area contributed by atoms with Gasteiger partial charge in [-0.25, -0.2) is 24.3 Å². The second kappa shape index (κ2) is 9.74. The van der Waals surface area contributed by atoms with Crippen molar-refractivity contribution in [2.45, 2.75) is 13.8 Å². The number of hydrogen-bond donors (Lipinski definition) is 2. The van der Waals surface area contributed by atoms with Crippen LogP contribution in [0.1, 0.15) is 12.5 Å². The number of nitrogens with two attached hydrogens (primary N) is 1. The van der Waals surface area contributed by atoms with E-state index in [1.807, 2.05) is 30.7 Å². The highest BCUT2D eigenvalue weighted by molar-refractivity contribution is 6.08. The van der Waals surface area contributed by atoms with Crippen molar-refractivity contribution < 1.29 is 13.9 Å². The average molecular weight is 510 g/mol. The number of hydrogen-bond acceptors (Lipinski definition) is 7. The predicted octanol–water partition coefficient (Wildman–Crippen LogP) is 5.43. The van der Waals surface area contributed by atoms with Crippen molar-refractivity contribution in [3.05, 3.63) is 84.7 Å². The molecule has 0 fully saturated rings. The summed E-state index contributed by atoms with van der Waals surface area (Å²) in [6.07, 6.45) is 4.57. The van der Waals surface area contributed by atoms with Gasteiger partial charge < -0.3 is 20.4 Å². The summed E-state index contributed by atoms with van der Waals surface area (Å²) < 4.78 is 22.7. The first-order valence-corrected chi connectivity index (χ1v) is 11.7. The fourth-order valence-corrected chi connectivity index (χ4v) is 4.11. The van der Waals surface area contributed by atoms with E-state index in [1.54, 1.807) is 37.5 Å². The molecule has 9 nitrogen and oxygen atoms in total. The van der Waals surface area contributed by atoms with Crippen LogP contribution in [-0.2, 0) is 11.8 Å². The van der Waals surface area contributed by atoms with Gasteiger partial charge in [-0.1, -0.05) is 24.8 Å². The monoisotopic (exact) mass is 509 g/mol. The Labute approximate surface area is 217 Å². The van der Waals surface area contributed by atoms with E-state index in [4.69, 9.17) is 10.5 Å². The summed E-state index contributed by atoms with van der Waals surface area (Å²) in [6.45, 7) is 7.15. The molecule has 190 valence electrons. The lowest BCUT2D eigenvalue weighted by molar-refractivity contribution is -0.112. The molecule has 2 aromatic carbocycles. The van der Waals surface area contributed by atoms with Crippen LogP contribution in [0.25, 0.3) is 33.4 Å². The quantitative estimate of drug-likeness (QED) is 0.293. The SMILES string of the molecule is C=C(C)C(=O)Nc1ccc(-c2c(-c3ccc(Oc4ncc(C)cn4)c(F)c3)c3c(N)ncnc3n2C)cc1. The highest BCUT2D eigenvalue weighted by Gasteiger charge is 2.23. The minimum atomic E-state index is -0.595. The Bertz CT molecular complexity index is 1690. The van der Waals surface area contributed by atoms with Crippen LogP contribution in [0.4, 0.5) is 15.9 Å². The maximum Gasteiger partial charge on any atom is 0.321 e. The average Bonchev–Trinajstić information content (AvgIpc) is 3.20. The molecule has 0 saturated carbocycles. The normalized spacial score (nSPS) is 10.9. The summed E-state index contributed by atoms with van der Waals surface area (Å²) in [7, 11) is 1.85. The Morgan fingerprint density at radius 3 is 2.39 bits per heavy atom. The largest absolute Gasteiger partial charge is 0.421 e. The van der Waals surface area contributed by atoms with Crippen LogP contribution in [0.3, 0.4) is 0 Å². The Morgan fingerprint density at radius 2 is 1.74 bits per heavy atom. The van der Waals surface area contributed by atoms with Gasteiger partial charge in [-0.15, -0.1) is 0 Å². The van der Waals surface area contributed by atoms with Gasteiger partial charge in [0, 0.05) is 36.3 Å². The molecule has 0 radical (unpaired) electrons. The highest BCUT2D eigenvalue weighted by Crippen LogP contribution is 2.42. The van der Waals surface area contributed by atoms with Gasteiger partial charge >= 0.3 is 6.01 Å². The summed E-state index contributed by atoms with van der Waals surface area (Å²) in [5.41, 5.74) is 11.5. The standard InChI is InChI=1S/C28H24FN7O2/c1-15(2)27(37)35-19-8-5-17(6-9-19)24-22(23-25(30)33-14-34-26(23)36(24)4)18-7-10-21(20(29)11-18)38-28-31-12-16(3)13-32-28/h5-14H,1H2,2-4H3,(H,35,37)(H2,30,33,34). The van der Waals surface area contributed by atoms with Gasteiger partial charge in [0.15, 0.2) is 11.6 Å². The first-order chi connectivity index (χ1) is 18.2. The molecule has 0 saturated heterocycles. The summed E-state index contributed by atoms with van der Waals surface area (Å²) in [6, 6.07) is 12.0. The van der Waals surface area contributed by atoms with Crippen molar-refractivity contribution in [2.24, 2.45) is 7.05 Å². The van der Waals surface area contributed by atoms with Gasteiger partial charge in [0.1, 0.15) is 17.8 Å². The lowest BCUT2D eigenvalue weighted by atomic mass is 9.98. The van der Waals surface area contributed by atoms with Crippen LogP contribution in [0.2, 0.25) is 0 Å². The molecule has 5 rings (SSSR count). The van der Waals surface area contributed by atoms with E-state index in [1.165, 1.54) is 18.5 Å². The van der Waals surface area contributed by atoms with Crippen molar-refractivity contribution in [2.75, 3.05) is 11.1 Å². The van der Waals surface area contributed by atoms with E-state index in [9.17, 15) is 4.79 Å². The molecule has 3 N–H and O–H groups in total. The number of carbonyl (C=O) groups is 1. The van der Waals surface area contributed by atoms with Crippen molar-refractivity contribution in [3.63, 3.8) is 0 Å². The number of aromatic nitrogens is 5.